The Kier molecular flexibility index (Phi) is 3.92. The number of phenols is 1. The largest absolute Gasteiger partial charge is 0.508 e. The van der Waals surface area contributed by atoms with Crippen molar-refractivity contribution in [2.24, 2.45) is 0 Å². The molecule has 0 atom stereocenters. The van der Waals surface area contributed by atoms with Crippen molar-refractivity contribution < 1.29 is 14.7 Å². The minimum atomic E-state index is -0.430. The van der Waals surface area contributed by atoms with Gasteiger partial charge >= 0.3 is 0 Å². The first-order valence-corrected chi connectivity index (χ1v) is 7.57. The second-order valence-corrected chi connectivity index (χ2v) is 5.96. The van der Waals surface area contributed by atoms with Gasteiger partial charge in [-0.1, -0.05) is 35.9 Å². The van der Waals surface area contributed by atoms with E-state index in [0.717, 1.165) is 16.7 Å². The van der Waals surface area contributed by atoms with E-state index in [1.807, 2.05) is 0 Å². The van der Waals surface area contributed by atoms with Crippen LogP contribution in [-0.4, -0.2) is 16.3 Å². The van der Waals surface area contributed by atoms with E-state index in [9.17, 15) is 14.7 Å². The highest BCUT2D eigenvalue weighted by Crippen LogP contribution is 2.37. The van der Waals surface area contributed by atoms with Gasteiger partial charge in [0.05, 0.1) is 10.6 Å². The number of amides is 2. The lowest BCUT2D eigenvalue weighted by atomic mass is 10.2. The molecule has 0 bridgehead atoms. The summed E-state index contributed by atoms with van der Waals surface area (Å²) in [5.41, 5.74) is 1.01. The lowest BCUT2D eigenvalue weighted by Gasteiger charge is -2.12. The molecule has 0 saturated carbocycles. The van der Waals surface area contributed by atoms with E-state index in [1.165, 1.54) is 12.1 Å². The number of anilines is 1. The molecule has 0 aliphatic carbocycles. The lowest BCUT2D eigenvalue weighted by molar-refractivity contribution is -0.113. The summed E-state index contributed by atoms with van der Waals surface area (Å²) in [4.78, 5) is 25.9. The first kappa shape index (κ1) is 14.7. The summed E-state index contributed by atoms with van der Waals surface area (Å²) in [6.45, 7) is 0. The SMILES string of the molecule is O=C1SC(=Cc2ccccc2Cl)C(=O)N1c1cccc(O)c1. The van der Waals surface area contributed by atoms with Gasteiger partial charge < -0.3 is 5.11 Å². The quantitative estimate of drug-likeness (QED) is 0.834. The average molecular weight is 332 g/mol. The van der Waals surface area contributed by atoms with E-state index in [0.29, 0.717) is 21.2 Å². The topological polar surface area (TPSA) is 57.6 Å². The Morgan fingerprint density at radius 3 is 2.59 bits per heavy atom. The lowest BCUT2D eigenvalue weighted by Crippen LogP contribution is -2.27. The molecule has 2 aromatic rings. The third-order valence-electron chi connectivity index (χ3n) is 3.07. The third kappa shape index (κ3) is 2.73. The van der Waals surface area contributed by atoms with Crippen molar-refractivity contribution in [1.29, 1.82) is 0 Å². The summed E-state index contributed by atoms with van der Waals surface area (Å²) in [5, 5.41) is 9.59. The molecule has 4 nitrogen and oxygen atoms in total. The maximum Gasteiger partial charge on any atom is 0.298 e. The van der Waals surface area contributed by atoms with Crippen molar-refractivity contribution in [3.05, 3.63) is 64.0 Å². The Morgan fingerprint density at radius 1 is 1.09 bits per heavy atom. The summed E-state index contributed by atoms with van der Waals surface area (Å²) in [5.74, 6) is -0.438. The van der Waals surface area contributed by atoms with E-state index in [2.05, 4.69) is 0 Å². The molecule has 2 aromatic carbocycles. The second kappa shape index (κ2) is 5.87. The van der Waals surface area contributed by atoms with Crippen molar-refractivity contribution in [3.63, 3.8) is 0 Å². The summed E-state index contributed by atoms with van der Waals surface area (Å²) in [6, 6.07) is 13.1. The Bertz CT molecular complexity index is 803. The molecule has 1 aliphatic rings. The molecular weight excluding hydrogens is 322 g/mol. The van der Waals surface area contributed by atoms with Gasteiger partial charge in [0.1, 0.15) is 5.75 Å². The number of rotatable bonds is 2. The van der Waals surface area contributed by atoms with Gasteiger partial charge in [-0.15, -0.1) is 0 Å². The van der Waals surface area contributed by atoms with Crippen LogP contribution in [-0.2, 0) is 4.79 Å². The molecule has 0 radical (unpaired) electrons. The molecule has 0 spiro atoms. The van der Waals surface area contributed by atoms with Crippen LogP contribution in [0.4, 0.5) is 10.5 Å². The van der Waals surface area contributed by atoms with E-state index in [1.54, 1.807) is 42.5 Å². The van der Waals surface area contributed by atoms with Gasteiger partial charge in [0.25, 0.3) is 11.1 Å². The van der Waals surface area contributed by atoms with Crippen LogP contribution < -0.4 is 4.90 Å². The predicted octanol–water partition coefficient (Wildman–Crippen LogP) is 4.29. The first-order valence-electron chi connectivity index (χ1n) is 6.38. The molecule has 6 heteroatoms. The number of thioether (sulfide) groups is 1. The van der Waals surface area contributed by atoms with Crippen molar-refractivity contribution in [2.45, 2.75) is 0 Å². The van der Waals surface area contributed by atoms with Gasteiger partial charge in [0.15, 0.2) is 0 Å². The van der Waals surface area contributed by atoms with Gasteiger partial charge in [-0.05, 0) is 41.6 Å². The number of hydrogen-bond acceptors (Lipinski definition) is 4. The molecular formula is C16H10ClNO3S. The van der Waals surface area contributed by atoms with Crippen LogP contribution in [0.3, 0.4) is 0 Å². The Labute approximate surface area is 136 Å². The number of aromatic hydroxyl groups is 1. The second-order valence-electron chi connectivity index (χ2n) is 4.56. The van der Waals surface area contributed by atoms with E-state index in [4.69, 9.17) is 11.6 Å². The Hall–Kier alpha value is -2.24. The molecule has 110 valence electrons. The molecule has 1 aliphatic heterocycles. The highest BCUT2D eigenvalue weighted by atomic mass is 35.5. The van der Waals surface area contributed by atoms with E-state index >= 15 is 0 Å². The average Bonchev–Trinajstić information content (AvgIpc) is 2.76. The summed E-state index contributed by atoms with van der Waals surface area (Å²) < 4.78 is 0. The standard InChI is InChI=1S/C16H10ClNO3S/c17-13-7-2-1-4-10(13)8-14-15(20)18(16(21)22-14)11-5-3-6-12(19)9-11/h1-9,19H. The minimum absolute atomic E-state index is 0.00775. The smallest absolute Gasteiger partial charge is 0.298 e. The normalized spacial score (nSPS) is 16.6. The Morgan fingerprint density at radius 2 is 1.86 bits per heavy atom. The van der Waals surface area contributed by atoms with Crippen LogP contribution >= 0.6 is 23.4 Å². The summed E-state index contributed by atoms with van der Waals surface area (Å²) in [7, 11) is 0. The number of hydrogen-bond donors (Lipinski definition) is 1. The molecule has 0 unspecified atom stereocenters. The number of benzene rings is 2. The molecule has 1 fully saturated rings. The molecule has 1 heterocycles. The maximum absolute atomic E-state index is 12.4. The highest BCUT2D eigenvalue weighted by molar-refractivity contribution is 8.19. The van der Waals surface area contributed by atoms with Crippen molar-refractivity contribution in [3.8, 4) is 5.75 Å². The van der Waals surface area contributed by atoms with Gasteiger partial charge in [-0.25, -0.2) is 4.90 Å². The number of imide groups is 1. The number of halogens is 1. The van der Waals surface area contributed by atoms with Crippen LogP contribution in [0.2, 0.25) is 5.02 Å². The van der Waals surface area contributed by atoms with E-state index in [-0.39, 0.29) is 5.75 Å². The summed E-state index contributed by atoms with van der Waals surface area (Å²) in [6.07, 6.45) is 1.59. The molecule has 1 saturated heterocycles. The fraction of sp³-hybridized carbons (Fsp3) is 0. The zero-order valence-corrected chi connectivity index (χ0v) is 12.8. The first-order chi connectivity index (χ1) is 10.6. The number of nitrogens with zero attached hydrogens (tertiary/aromatic N) is 1. The van der Waals surface area contributed by atoms with Crippen LogP contribution in [0.15, 0.2) is 53.4 Å². The fourth-order valence-electron chi connectivity index (χ4n) is 2.06. The number of carbonyl (C=O) groups is 2. The van der Waals surface area contributed by atoms with Gasteiger partial charge in [0, 0.05) is 11.1 Å². The van der Waals surface area contributed by atoms with Crippen LogP contribution in [0.1, 0.15) is 5.56 Å². The highest BCUT2D eigenvalue weighted by Gasteiger charge is 2.36. The van der Waals surface area contributed by atoms with Crippen LogP contribution in [0, 0.1) is 0 Å². The summed E-state index contributed by atoms with van der Waals surface area (Å²) >= 11 is 6.91. The van der Waals surface area contributed by atoms with Gasteiger partial charge in [-0.3, -0.25) is 9.59 Å². The monoisotopic (exact) mass is 331 g/mol. The number of carbonyl (C=O) groups excluding carboxylic acids is 2. The number of phenolic OH excluding ortho intramolecular Hbond substituents is 1. The minimum Gasteiger partial charge on any atom is -0.508 e. The van der Waals surface area contributed by atoms with Crippen LogP contribution in [0.25, 0.3) is 6.08 Å². The zero-order chi connectivity index (χ0) is 15.7. The molecule has 1 N–H and O–H groups in total. The molecule has 2 amide bonds. The zero-order valence-electron chi connectivity index (χ0n) is 11.2. The maximum atomic E-state index is 12.4. The van der Waals surface area contributed by atoms with Gasteiger partial charge in [-0.2, -0.15) is 0 Å². The fourth-order valence-corrected chi connectivity index (χ4v) is 3.08. The van der Waals surface area contributed by atoms with Gasteiger partial charge in [0.2, 0.25) is 0 Å². The van der Waals surface area contributed by atoms with E-state index < -0.39 is 11.1 Å². The molecule has 22 heavy (non-hydrogen) atoms. The van der Waals surface area contributed by atoms with Crippen molar-refractivity contribution in [1.82, 2.24) is 0 Å². The van der Waals surface area contributed by atoms with Crippen molar-refractivity contribution in [2.75, 3.05) is 4.90 Å². The van der Waals surface area contributed by atoms with Crippen molar-refractivity contribution >= 4 is 46.3 Å². The molecule has 3 rings (SSSR count). The predicted molar refractivity (Wildman–Crippen MR) is 88.0 cm³/mol. The molecule has 0 aromatic heterocycles. The van der Waals surface area contributed by atoms with Crippen LogP contribution in [0.5, 0.6) is 5.75 Å². The Balaban J connectivity index is 1.97. The third-order valence-corrected chi connectivity index (χ3v) is 4.29.